The monoisotopic (exact) mass is 190 g/mol. The molecule has 0 fully saturated rings. The van der Waals surface area contributed by atoms with Crippen LogP contribution in [0.3, 0.4) is 0 Å². The molecule has 0 bridgehead atoms. The van der Waals surface area contributed by atoms with Gasteiger partial charge in [-0.05, 0) is 12.5 Å². The van der Waals surface area contributed by atoms with E-state index in [1.54, 1.807) is 12.2 Å². The van der Waals surface area contributed by atoms with E-state index in [1.807, 2.05) is 25.2 Å². The highest BCUT2D eigenvalue weighted by atomic mass is 13.9. The van der Waals surface area contributed by atoms with E-state index in [-0.39, 0.29) is 0 Å². The Balaban J connectivity index is 0. The van der Waals surface area contributed by atoms with Crippen LogP contribution in [0, 0.1) is 0 Å². The van der Waals surface area contributed by atoms with Crippen molar-refractivity contribution in [2.24, 2.45) is 0 Å². The summed E-state index contributed by atoms with van der Waals surface area (Å²) in [4.78, 5) is 0. The lowest BCUT2D eigenvalue weighted by Gasteiger charge is -1.90. The molecule has 0 rings (SSSR count). The summed E-state index contributed by atoms with van der Waals surface area (Å²) in [7, 11) is 0. The van der Waals surface area contributed by atoms with Gasteiger partial charge in [-0.15, -0.1) is 0 Å². The molecule has 0 aromatic rings. The zero-order valence-corrected chi connectivity index (χ0v) is 9.72. The Hall–Kier alpha value is -1.30. The van der Waals surface area contributed by atoms with Crippen molar-refractivity contribution in [3.63, 3.8) is 0 Å². The predicted molar refractivity (Wildman–Crippen MR) is 68.4 cm³/mol. The third-order valence-corrected chi connectivity index (χ3v) is 1.18. The van der Waals surface area contributed by atoms with Crippen LogP contribution in [-0.2, 0) is 0 Å². The SMILES string of the molecule is C=C/C=C\C(=C)/C=C(/C)C=C.CCC. The Kier molecular flexibility index (Phi) is 12.7. The predicted octanol–water partition coefficient (Wildman–Crippen LogP) is 4.83. The summed E-state index contributed by atoms with van der Waals surface area (Å²) in [5.74, 6) is 0. The van der Waals surface area contributed by atoms with Gasteiger partial charge in [0.05, 0.1) is 0 Å². The number of hydrogen-bond acceptors (Lipinski definition) is 0. The fourth-order valence-corrected chi connectivity index (χ4v) is 0.591. The van der Waals surface area contributed by atoms with Crippen LogP contribution in [0.1, 0.15) is 27.2 Å². The molecule has 0 heterocycles. The lowest BCUT2D eigenvalue weighted by Crippen LogP contribution is -1.70. The molecule has 0 aromatic heterocycles. The quantitative estimate of drug-likeness (QED) is 0.557. The lowest BCUT2D eigenvalue weighted by atomic mass is 10.2. The minimum Gasteiger partial charge on any atom is -0.0991 e. The summed E-state index contributed by atoms with van der Waals surface area (Å²) in [6.45, 7) is 17.3. The van der Waals surface area contributed by atoms with Crippen molar-refractivity contribution in [3.8, 4) is 0 Å². The molecule has 0 aromatic carbocycles. The molecule has 0 saturated heterocycles. The van der Waals surface area contributed by atoms with Crippen molar-refractivity contribution in [2.45, 2.75) is 27.2 Å². The molecule has 0 spiro atoms. The van der Waals surface area contributed by atoms with Crippen LogP contribution in [0.4, 0.5) is 0 Å². The zero-order valence-electron chi connectivity index (χ0n) is 9.72. The van der Waals surface area contributed by atoms with E-state index in [0.29, 0.717) is 0 Å². The molecule has 0 atom stereocenters. The van der Waals surface area contributed by atoms with E-state index in [1.165, 1.54) is 6.42 Å². The molecule has 78 valence electrons. The summed E-state index contributed by atoms with van der Waals surface area (Å²) in [6.07, 6.45) is 10.5. The van der Waals surface area contributed by atoms with Crippen LogP contribution in [-0.4, -0.2) is 0 Å². The van der Waals surface area contributed by atoms with Crippen LogP contribution >= 0.6 is 0 Å². The standard InChI is InChI=1S/C11H14.C3H8/c1-5-7-8-11(4)9-10(3)6-2;1-3-2/h5-9H,1-2,4H2,3H3;3H2,1-2H3/b8-7-,10-9-;. The molecule has 14 heavy (non-hydrogen) atoms. The smallest absolute Gasteiger partial charge is 0.0326 e. The molecule has 0 N–H and O–H groups in total. The molecule has 0 aliphatic heterocycles. The van der Waals surface area contributed by atoms with E-state index in [9.17, 15) is 0 Å². The van der Waals surface area contributed by atoms with E-state index in [4.69, 9.17) is 0 Å². The van der Waals surface area contributed by atoms with Crippen molar-refractivity contribution in [1.29, 1.82) is 0 Å². The number of rotatable bonds is 4. The second-order valence-corrected chi connectivity index (χ2v) is 2.97. The van der Waals surface area contributed by atoms with Crippen molar-refractivity contribution >= 4 is 0 Å². The second-order valence-electron chi connectivity index (χ2n) is 2.97. The average molecular weight is 190 g/mol. The molecular weight excluding hydrogens is 168 g/mol. The van der Waals surface area contributed by atoms with Crippen LogP contribution in [0.2, 0.25) is 0 Å². The van der Waals surface area contributed by atoms with Crippen molar-refractivity contribution in [3.05, 3.63) is 61.3 Å². The van der Waals surface area contributed by atoms with Gasteiger partial charge in [-0.1, -0.05) is 76.0 Å². The maximum Gasteiger partial charge on any atom is -0.0326 e. The van der Waals surface area contributed by atoms with Gasteiger partial charge < -0.3 is 0 Å². The third kappa shape index (κ3) is 13.3. The molecular formula is C14H22. The van der Waals surface area contributed by atoms with E-state index < -0.39 is 0 Å². The second kappa shape index (κ2) is 11.7. The zero-order chi connectivity index (χ0) is 11.4. The molecule has 0 amide bonds. The van der Waals surface area contributed by atoms with E-state index in [0.717, 1.165) is 11.1 Å². The fraction of sp³-hybridized carbons (Fsp3) is 0.286. The van der Waals surface area contributed by atoms with Gasteiger partial charge in [0.25, 0.3) is 0 Å². The van der Waals surface area contributed by atoms with Gasteiger partial charge in [0.1, 0.15) is 0 Å². The van der Waals surface area contributed by atoms with Gasteiger partial charge >= 0.3 is 0 Å². The minimum atomic E-state index is 0.960. The largest absolute Gasteiger partial charge is 0.0991 e. The first kappa shape index (κ1) is 15.2. The first-order chi connectivity index (χ1) is 6.62. The minimum absolute atomic E-state index is 0.960. The average Bonchev–Trinajstić information content (AvgIpc) is 2.15. The van der Waals surface area contributed by atoms with Crippen LogP contribution in [0.15, 0.2) is 61.3 Å². The molecule has 0 aliphatic carbocycles. The van der Waals surface area contributed by atoms with Gasteiger partial charge in [0, 0.05) is 0 Å². The van der Waals surface area contributed by atoms with Gasteiger partial charge in [-0.2, -0.15) is 0 Å². The van der Waals surface area contributed by atoms with Gasteiger partial charge in [-0.3, -0.25) is 0 Å². The Morgan fingerprint density at radius 3 is 2.07 bits per heavy atom. The van der Waals surface area contributed by atoms with Gasteiger partial charge in [-0.25, -0.2) is 0 Å². The first-order valence-electron chi connectivity index (χ1n) is 4.91. The maximum atomic E-state index is 3.82. The Labute approximate surface area is 89.0 Å². The molecule has 0 unspecified atom stereocenters. The van der Waals surface area contributed by atoms with E-state index >= 15 is 0 Å². The van der Waals surface area contributed by atoms with Crippen molar-refractivity contribution in [1.82, 2.24) is 0 Å². The van der Waals surface area contributed by atoms with Crippen LogP contribution < -0.4 is 0 Å². The highest BCUT2D eigenvalue weighted by molar-refractivity contribution is 5.34. The Morgan fingerprint density at radius 2 is 1.71 bits per heavy atom. The fourth-order valence-electron chi connectivity index (χ4n) is 0.591. The number of hydrogen-bond donors (Lipinski definition) is 0. The molecule has 0 radical (unpaired) electrons. The third-order valence-electron chi connectivity index (χ3n) is 1.18. The normalized spacial score (nSPS) is 10.4. The summed E-state index contributed by atoms with van der Waals surface area (Å²) in [5.41, 5.74) is 2.08. The number of allylic oxidation sites excluding steroid dienone is 7. The molecule has 0 aliphatic rings. The van der Waals surface area contributed by atoms with E-state index in [2.05, 4.69) is 33.6 Å². The van der Waals surface area contributed by atoms with Crippen molar-refractivity contribution in [2.75, 3.05) is 0 Å². The summed E-state index contributed by atoms with van der Waals surface area (Å²) in [6, 6.07) is 0. The highest BCUT2D eigenvalue weighted by Gasteiger charge is 1.81. The van der Waals surface area contributed by atoms with Gasteiger partial charge in [0.15, 0.2) is 0 Å². The maximum absolute atomic E-state index is 3.82. The Morgan fingerprint density at radius 1 is 1.21 bits per heavy atom. The van der Waals surface area contributed by atoms with Crippen LogP contribution in [0.5, 0.6) is 0 Å². The van der Waals surface area contributed by atoms with Gasteiger partial charge in [0.2, 0.25) is 0 Å². The first-order valence-corrected chi connectivity index (χ1v) is 4.91. The lowest BCUT2D eigenvalue weighted by molar-refractivity contribution is 1.09. The van der Waals surface area contributed by atoms with Crippen molar-refractivity contribution < 1.29 is 0 Å². The topological polar surface area (TPSA) is 0 Å². The van der Waals surface area contributed by atoms with Crippen LogP contribution in [0.25, 0.3) is 0 Å². The molecule has 0 heteroatoms. The molecule has 0 saturated carbocycles. The summed E-state index contributed by atoms with van der Waals surface area (Å²) >= 11 is 0. The Bertz CT molecular complexity index is 226. The summed E-state index contributed by atoms with van der Waals surface area (Å²) in [5, 5.41) is 0. The molecule has 0 nitrogen and oxygen atoms in total. The highest BCUT2D eigenvalue weighted by Crippen LogP contribution is 2.01. The summed E-state index contributed by atoms with van der Waals surface area (Å²) < 4.78 is 0.